The van der Waals surface area contributed by atoms with Gasteiger partial charge in [0.25, 0.3) is 5.91 Å². The van der Waals surface area contributed by atoms with Crippen LogP contribution in [-0.2, 0) is 11.8 Å². The molecule has 0 saturated heterocycles. The van der Waals surface area contributed by atoms with Gasteiger partial charge >= 0.3 is 0 Å². The highest BCUT2D eigenvalue weighted by molar-refractivity contribution is 6.30. The number of aryl methyl sites for hydroxylation is 2. The third-order valence-corrected chi connectivity index (χ3v) is 2.97. The quantitative estimate of drug-likeness (QED) is 0.943. The number of anilines is 1. The van der Waals surface area contributed by atoms with E-state index < -0.39 is 6.10 Å². The molecule has 1 aromatic heterocycles. The first-order valence-electron chi connectivity index (χ1n) is 6.19. The molecule has 2 aromatic rings. The molecule has 0 aliphatic carbocycles. The Hall–Kier alpha value is -2.01. The molecule has 20 heavy (non-hydrogen) atoms. The van der Waals surface area contributed by atoms with E-state index in [4.69, 9.17) is 16.3 Å². The van der Waals surface area contributed by atoms with Crippen molar-refractivity contribution in [3.63, 3.8) is 0 Å². The van der Waals surface area contributed by atoms with Gasteiger partial charge in [-0.3, -0.25) is 9.48 Å². The predicted octanol–water partition coefficient (Wildman–Crippen LogP) is 2.79. The standard InChI is InChI=1S/C14H16ClN3O2/c1-9-7-13(18(3)17-9)16-14(19)10(2)20-12-6-4-5-11(15)8-12/h4-8,10H,1-3H3,(H,16,19)/t10-/m0/s1. The summed E-state index contributed by atoms with van der Waals surface area (Å²) in [5.41, 5.74) is 0.839. The smallest absolute Gasteiger partial charge is 0.266 e. The zero-order valence-corrected chi connectivity index (χ0v) is 12.3. The number of halogens is 1. The summed E-state index contributed by atoms with van der Waals surface area (Å²) in [6, 6.07) is 8.73. The minimum atomic E-state index is -0.635. The summed E-state index contributed by atoms with van der Waals surface area (Å²) >= 11 is 5.87. The van der Waals surface area contributed by atoms with Crippen molar-refractivity contribution in [1.82, 2.24) is 9.78 Å². The molecule has 0 fully saturated rings. The molecule has 6 heteroatoms. The highest BCUT2D eigenvalue weighted by atomic mass is 35.5. The van der Waals surface area contributed by atoms with Crippen LogP contribution in [0.2, 0.25) is 5.02 Å². The van der Waals surface area contributed by atoms with Gasteiger partial charge < -0.3 is 10.1 Å². The van der Waals surface area contributed by atoms with Crippen LogP contribution >= 0.6 is 11.6 Å². The predicted molar refractivity (Wildman–Crippen MR) is 78.1 cm³/mol. The van der Waals surface area contributed by atoms with Crippen LogP contribution in [0.15, 0.2) is 30.3 Å². The maximum atomic E-state index is 12.1. The fraction of sp³-hybridized carbons (Fsp3) is 0.286. The van der Waals surface area contributed by atoms with Crippen molar-refractivity contribution in [3.8, 4) is 5.75 Å². The number of nitrogens with one attached hydrogen (secondary N) is 1. The Labute approximate surface area is 122 Å². The molecule has 0 saturated carbocycles. The largest absolute Gasteiger partial charge is 0.481 e. The fourth-order valence-electron chi connectivity index (χ4n) is 1.75. The summed E-state index contributed by atoms with van der Waals surface area (Å²) in [4.78, 5) is 12.1. The lowest BCUT2D eigenvalue weighted by atomic mass is 10.3. The number of nitrogens with zero attached hydrogens (tertiary/aromatic N) is 2. The first-order valence-corrected chi connectivity index (χ1v) is 6.57. The van der Waals surface area contributed by atoms with Crippen LogP contribution in [0.3, 0.4) is 0 Å². The summed E-state index contributed by atoms with van der Waals surface area (Å²) in [7, 11) is 1.77. The molecule has 0 spiro atoms. The van der Waals surface area contributed by atoms with E-state index in [-0.39, 0.29) is 5.91 Å². The van der Waals surface area contributed by atoms with Crippen LogP contribution < -0.4 is 10.1 Å². The molecule has 1 aromatic carbocycles. The van der Waals surface area contributed by atoms with Crippen LogP contribution in [0.5, 0.6) is 5.75 Å². The molecule has 0 aliphatic rings. The lowest BCUT2D eigenvalue weighted by Gasteiger charge is -2.14. The molecule has 0 radical (unpaired) electrons. The van der Waals surface area contributed by atoms with Gasteiger partial charge in [0.05, 0.1) is 5.69 Å². The average Bonchev–Trinajstić information content (AvgIpc) is 2.67. The summed E-state index contributed by atoms with van der Waals surface area (Å²) in [5, 5.41) is 7.50. The second-order valence-corrected chi connectivity index (χ2v) is 4.94. The number of ether oxygens (including phenoxy) is 1. The van der Waals surface area contributed by atoms with E-state index in [1.54, 1.807) is 49.0 Å². The number of hydrogen-bond donors (Lipinski definition) is 1. The second-order valence-electron chi connectivity index (χ2n) is 4.50. The van der Waals surface area contributed by atoms with Gasteiger partial charge in [-0.15, -0.1) is 0 Å². The average molecular weight is 294 g/mol. The van der Waals surface area contributed by atoms with Gasteiger partial charge in [-0.1, -0.05) is 17.7 Å². The maximum Gasteiger partial charge on any atom is 0.266 e. The molecule has 1 heterocycles. The van der Waals surface area contributed by atoms with Crippen molar-refractivity contribution in [2.45, 2.75) is 20.0 Å². The third kappa shape index (κ3) is 3.51. The van der Waals surface area contributed by atoms with E-state index in [1.165, 1.54) is 0 Å². The molecule has 0 bridgehead atoms. The van der Waals surface area contributed by atoms with Crippen molar-refractivity contribution in [1.29, 1.82) is 0 Å². The first kappa shape index (κ1) is 14.4. The third-order valence-electron chi connectivity index (χ3n) is 2.73. The van der Waals surface area contributed by atoms with Gasteiger partial charge in [-0.25, -0.2) is 0 Å². The van der Waals surface area contributed by atoms with Crippen molar-refractivity contribution in [2.75, 3.05) is 5.32 Å². The Balaban J connectivity index is 2.00. The number of aromatic nitrogens is 2. The van der Waals surface area contributed by atoms with Crippen LogP contribution in [0.4, 0.5) is 5.82 Å². The Bertz CT molecular complexity index is 625. The maximum absolute atomic E-state index is 12.1. The van der Waals surface area contributed by atoms with E-state index in [1.807, 2.05) is 6.92 Å². The topological polar surface area (TPSA) is 56.1 Å². The van der Waals surface area contributed by atoms with E-state index in [0.29, 0.717) is 16.6 Å². The molecular weight excluding hydrogens is 278 g/mol. The number of benzene rings is 1. The lowest BCUT2D eigenvalue weighted by Crippen LogP contribution is -2.30. The molecule has 1 N–H and O–H groups in total. The van der Waals surface area contributed by atoms with Gasteiger partial charge in [0.1, 0.15) is 11.6 Å². The fourth-order valence-corrected chi connectivity index (χ4v) is 1.93. The SMILES string of the molecule is Cc1cc(NC(=O)[C@H](C)Oc2cccc(Cl)c2)n(C)n1. The van der Waals surface area contributed by atoms with Crippen molar-refractivity contribution in [3.05, 3.63) is 41.0 Å². The molecule has 106 valence electrons. The van der Waals surface area contributed by atoms with E-state index in [9.17, 15) is 4.79 Å². The van der Waals surface area contributed by atoms with Crippen molar-refractivity contribution in [2.24, 2.45) is 7.05 Å². The molecule has 0 aliphatic heterocycles. The number of hydrogen-bond acceptors (Lipinski definition) is 3. The van der Waals surface area contributed by atoms with Crippen molar-refractivity contribution < 1.29 is 9.53 Å². The van der Waals surface area contributed by atoms with E-state index in [0.717, 1.165) is 5.69 Å². The molecule has 5 nitrogen and oxygen atoms in total. The number of rotatable bonds is 4. The van der Waals surface area contributed by atoms with Crippen molar-refractivity contribution >= 4 is 23.3 Å². The summed E-state index contributed by atoms with van der Waals surface area (Å²) in [6.45, 7) is 3.54. The Morgan fingerprint density at radius 1 is 1.45 bits per heavy atom. The van der Waals surface area contributed by atoms with E-state index in [2.05, 4.69) is 10.4 Å². The summed E-state index contributed by atoms with van der Waals surface area (Å²) in [6.07, 6.45) is -0.635. The first-order chi connectivity index (χ1) is 9.45. The number of carbonyl (C=O) groups is 1. The number of amides is 1. The Kier molecular flexibility index (Phi) is 4.29. The lowest BCUT2D eigenvalue weighted by molar-refractivity contribution is -0.122. The molecule has 1 atom stereocenters. The molecule has 1 amide bonds. The van der Waals surface area contributed by atoms with Gasteiger partial charge in [0.15, 0.2) is 6.10 Å². The minimum Gasteiger partial charge on any atom is -0.481 e. The van der Waals surface area contributed by atoms with Crippen LogP contribution in [-0.4, -0.2) is 21.8 Å². The second kappa shape index (κ2) is 5.96. The van der Waals surface area contributed by atoms with Crippen LogP contribution in [0, 0.1) is 6.92 Å². The van der Waals surface area contributed by atoms with Crippen LogP contribution in [0.1, 0.15) is 12.6 Å². The summed E-state index contributed by atoms with van der Waals surface area (Å²) < 4.78 is 7.16. The zero-order chi connectivity index (χ0) is 14.7. The van der Waals surface area contributed by atoms with Gasteiger partial charge in [0.2, 0.25) is 0 Å². The normalized spacial score (nSPS) is 12.0. The minimum absolute atomic E-state index is 0.243. The van der Waals surface area contributed by atoms with Gasteiger partial charge in [-0.05, 0) is 32.0 Å². The molecular formula is C14H16ClN3O2. The van der Waals surface area contributed by atoms with Crippen LogP contribution in [0.25, 0.3) is 0 Å². The zero-order valence-electron chi connectivity index (χ0n) is 11.6. The molecule has 0 unspecified atom stereocenters. The number of carbonyl (C=O) groups excluding carboxylic acids is 1. The summed E-state index contributed by atoms with van der Waals surface area (Å²) in [5.74, 6) is 0.948. The Morgan fingerprint density at radius 3 is 2.80 bits per heavy atom. The van der Waals surface area contributed by atoms with Gasteiger partial charge in [-0.2, -0.15) is 5.10 Å². The highest BCUT2D eigenvalue weighted by Crippen LogP contribution is 2.18. The van der Waals surface area contributed by atoms with Gasteiger partial charge in [0, 0.05) is 18.1 Å². The highest BCUT2D eigenvalue weighted by Gasteiger charge is 2.16. The van der Waals surface area contributed by atoms with E-state index >= 15 is 0 Å². The monoisotopic (exact) mass is 293 g/mol. The molecule has 2 rings (SSSR count). The Morgan fingerprint density at radius 2 is 2.20 bits per heavy atom.